The average Bonchev–Trinajstić information content (AvgIpc) is 3.21. The molecule has 0 spiro atoms. The number of amides is 1. The molecule has 2 N–H and O–H groups in total. The highest BCUT2D eigenvalue weighted by Crippen LogP contribution is 2.21. The van der Waals surface area contributed by atoms with E-state index in [1.54, 1.807) is 6.07 Å². The summed E-state index contributed by atoms with van der Waals surface area (Å²) in [6, 6.07) is 11.5. The van der Waals surface area contributed by atoms with Crippen molar-refractivity contribution < 1.29 is 14.7 Å². The molecule has 1 aromatic carbocycles. The van der Waals surface area contributed by atoms with Crippen molar-refractivity contribution in [1.29, 1.82) is 0 Å². The first-order valence-electron chi connectivity index (χ1n) is 8.58. The van der Waals surface area contributed by atoms with Gasteiger partial charge in [-0.3, -0.25) is 19.0 Å². The fourth-order valence-electron chi connectivity index (χ4n) is 2.87. The summed E-state index contributed by atoms with van der Waals surface area (Å²) in [4.78, 5) is 23.4. The molecule has 0 saturated carbocycles. The van der Waals surface area contributed by atoms with Crippen LogP contribution in [0.5, 0.6) is 0 Å². The zero-order chi connectivity index (χ0) is 19.4. The first kappa shape index (κ1) is 18.4. The molecule has 0 bridgehead atoms. The summed E-state index contributed by atoms with van der Waals surface area (Å²) in [7, 11) is 0. The second-order valence-electron chi connectivity index (χ2n) is 6.23. The van der Waals surface area contributed by atoms with E-state index < -0.39 is 5.97 Å². The van der Waals surface area contributed by atoms with E-state index in [0.29, 0.717) is 23.6 Å². The second kappa shape index (κ2) is 7.86. The molecule has 0 aliphatic rings. The molecular weight excluding hydrogens is 346 g/mol. The molecule has 8 heteroatoms. The number of carboxylic acids is 1. The lowest BCUT2D eigenvalue weighted by atomic mass is 10.2. The van der Waals surface area contributed by atoms with Gasteiger partial charge >= 0.3 is 5.97 Å². The number of aliphatic carboxylic acids is 1. The van der Waals surface area contributed by atoms with Gasteiger partial charge in [-0.25, -0.2) is 0 Å². The number of carbonyl (C=O) groups excluding carboxylic acids is 1. The third-order valence-electron chi connectivity index (χ3n) is 4.28. The van der Waals surface area contributed by atoms with Gasteiger partial charge in [-0.1, -0.05) is 30.3 Å². The van der Waals surface area contributed by atoms with Gasteiger partial charge in [0.15, 0.2) is 0 Å². The molecule has 0 atom stereocenters. The molecule has 2 aromatic heterocycles. The monoisotopic (exact) mass is 367 g/mol. The summed E-state index contributed by atoms with van der Waals surface area (Å²) >= 11 is 0. The van der Waals surface area contributed by atoms with E-state index in [-0.39, 0.29) is 18.9 Å². The van der Waals surface area contributed by atoms with Crippen molar-refractivity contribution in [2.24, 2.45) is 0 Å². The number of hydrogen-bond donors (Lipinski definition) is 2. The molecular formula is C19H21N5O3. The number of rotatable bonds is 7. The number of benzene rings is 1. The van der Waals surface area contributed by atoms with Crippen LogP contribution >= 0.6 is 0 Å². The fourth-order valence-corrected chi connectivity index (χ4v) is 2.87. The van der Waals surface area contributed by atoms with Gasteiger partial charge in [0.2, 0.25) is 0 Å². The first-order chi connectivity index (χ1) is 13.0. The number of carboxylic acid groups (broad SMARTS) is 1. The van der Waals surface area contributed by atoms with E-state index >= 15 is 0 Å². The summed E-state index contributed by atoms with van der Waals surface area (Å²) in [5.41, 5.74) is 3.65. The summed E-state index contributed by atoms with van der Waals surface area (Å²) in [6.07, 6.45) is 1.38. The largest absolute Gasteiger partial charge is 0.481 e. The summed E-state index contributed by atoms with van der Waals surface area (Å²) < 4.78 is 3.24. The molecule has 2 heterocycles. The number of anilines is 1. The van der Waals surface area contributed by atoms with Crippen LogP contribution in [0.4, 0.5) is 5.69 Å². The first-order valence-corrected chi connectivity index (χ1v) is 8.58. The molecule has 0 radical (unpaired) electrons. The Morgan fingerprint density at radius 2 is 1.85 bits per heavy atom. The zero-order valence-electron chi connectivity index (χ0n) is 15.2. The number of nitrogens with zero attached hydrogens (tertiary/aromatic N) is 4. The molecule has 0 aliphatic heterocycles. The van der Waals surface area contributed by atoms with E-state index in [1.807, 2.05) is 48.9 Å². The average molecular weight is 367 g/mol. The van der Waals surface area contributed by atoms with Crippen molar-refractivity contribution in [1.82, 2.24) is 19.6 Å². The van der Waals surface area contributed by atoms with Gasteiger partial charge in [0.1, 0.15) is 5.69 Å². The molecule has 3 rings (SSSR count). The molecule has 0 fully saturated rings. The van der Waals surface area contributed by atoms with Gasteiger partial charge in [0.25, 0.3) is 5.91 Å². The van der Waals surface area contributed by atoms with Crippen LogP contribution in [0.15, 0.2) is 42.6 Å². The van der Waals surface area contributed by atoms with Crippen LogP contribution < -0.4 is 5.32 Å². The second-order valence-corrected chi connectivity index (χ2v) is 6.23. The third-order valence-corrected chi connectivity index (χ3v) is 4.28. The summed E-state index contributed by atoms with van der Waals surface area (Å²) in [5.74, 6) is -1.28. The zero-order valence-corrected chi connectivity index (χ0v) is 15.2. The highest BCUT2D eigenvalue weighted by atomic mass is 16.4. The van der Waals surface area contributed by atoms with Crippen molar-refractivity contribution >= 4 is 17.6 Å². The van der Waals surface area contributed by atoms with Gasteiger partial charge in [0, 0.05) is 6.20 Å². The maximum Gasteiger partial charge on any atom is 0.305 e. The topological polar surface area (TPSA) is 102 Å². The van der Waals surface area contributed by atoms with Crippen LogP contribution in [0.2, 0.25) is 0 Å². The highest BCUT2D eigenvalue weighted by Gasteiger charge is 2.18. The Balaban J connectivity index is 1.77. The van der Waals surface area contributed by atoms with Gasteiger partial charge in [-0.15, -0.1) is 0 Å². The standard InChI is InChI=1S/C19H21N5O3/c1-13-18(14(2)24(22-13)12-15-6-4-3-5-7-15)21-19(27)16-8-10-20-23(16)11-9-17(25)26/h3-8,10H,9,11-12H2,1-2H3,(H,21,27)(H,25,26). The summed E-state index contributed by atoms with van der Waals surface area (Å²) in [6.45, 7) is 4.49. The van der Waals surface area contributed by atoms with Crippen LogP contribution in [-0.4, -0.2) is 36.5 Å². The van der Waals surface area contributed by atoms with E-state index in [9.17, 15) is 9.59 Å². The van der Waals surface area contributed by atoms with Crippen LogP contribution in [0.25, 0.3) is 0 Å². The molecule has 0 aliphatic carbocycles. The Morgan fingerprint density at radius 3 is 2.56 bits per heavy atom. The fraction of sp³-hybridized carbons (Fsp3) is 0.263. The number of aromatic nitrogens is 4. The quantitative estimate of drug-likeness (QED) is 0.668. The van der Waals surface area contributed by atoms with Crippen molar-refractivity contribution in [2.45, 2.75) is 33.4 Å². The van der Waals surface area contributed by atoms with Gasteiger partial charge in [-0.05, 0) is 25.5 Å². The Labute approximate surface area is 156 Å². The van der Waals surface area contributed by atoms with Crippen molar-refractivity contribution in [2.75, 3.05) is 5.32 Å². The molecule has 8 nitrogen and oxygen atoms in total. The van der Waals surface area contributed by atoms with E-state index in [4.69, 9.17) is 5.11 Å². The lowest BCUT2D eigenvalue weighted by Crippen LogP contribution is -2.19. The Morgan fingerprint density at radius 1 is 1.11 bits per heavy atom. The Bertz CT molecular complexity index is 959. The predicted molar refractivity (Wildman–Crippen MR) is 99.7 cm³/mol. The van der Waals surface area contributed by atoms with Crippen LogP contribution in [0.1, 0.15) is 33.9 Å². The number of carbonyl (C=O) groups is 2. The molecule has 27 heavy (non-hydrogen) atoms. The van der Waals surface area contributed by atoms with Gasteiger partial charge in [-0.2, -0.15) is 10.2 Å². The number of aryl methyl sites for hydroxylation is 2. The highest BCUT2D eigenvalue weighted by molar-refractivity contribution is 6.03. The smallest absolute Gasteiger partial charge is 0.305 e. The molecule has 0 unspecified atom stereocenters. The van der Waals surface area contributed by atoms with Crippen molar-refractivity contribution in [3.8, 4) is 0 Å². The van der Waals surface area contributed by atoms with Crippen LogP contribution in [-0.2, 0) is 17.9 Å². The minimum absolute atomic E-state index is 0.102. The number of nitrogens with one attached hydrogen (secondary N) is 1. The minimum atomic E-state index is -0.939. The molecule has 3 aromatic rings. The van der Waals surface area contributed by atoms with E-state index in [0.717, 1.165) is 11.3 Å². The van der Waals surface area contributed by atoms with Gasteiger partial charge in [0.05, 0.1) is 36.6 Å². The maximum absolute atomic E-state index is 12.7. The van der Waals surface area contributed by atoms with Crippen molar-refractivity contribution in [3.63, 3.8) is 0 Å². The van der Waals surface area contributed by atoms with Gasteiger partial charge < -0.3 is 10.4 Å². The lowest BCUT2D eigenvalue weighted by molar-refractivity contribution is -0.137. The van der Waals surface area contributed by atoms with E-state index in [2.05, 4.69) is 15.5 Å². The van der Waals surface area contributed by atoms with Crippen molar-refractivity contribution in [3.05, 3.63) is 65.2 Å². The third kappa shape index (κ3) is 4.22. The Hall–Kier alpha value is -3.42. The normalized spacial score (nSPS) is 10.7. The number of hydrogen-bond acceptors (Lipinski definition) is 4. The summed E-state index contributed by atoms with van der Waals surface area (Å²) in [5, 5.41) is 20.3. The molecule has 0 saturated heterocycles. The van der Waals surface area contributed by atoms with E-state index in [1.165, 1.54) is 10.9 Å². The SMILES string of the molecule is Cc1nn(Cc2ccccc2)c(C)c1NC(=O)c1ccnn1CCC(=O)O. The maximum atomic E-state index is 12.7. The lowest BCUT2D eigenvalue weighted by Gasteiger charge is -2.09. The van der Waals surface area contributed by atoms with Crippen LogP contribution in [0, 0.1) is 13.8 Å². The minimum Gasteiger partial charge on any atom is -0.481 e. The van der Waals surface area contributed by atoms with Crippen LogP contribution in [0.3, 0.4) is 0 Å². The molecule has 140 valence electrons. The Kier molecular flexibility index (Phi) is 5.35. The predicted octanol–water partition coefficient (Wildman–Crippen LogP) is 2.47. The molecule has 1 amide bonds.